The van der Waals surface area contributed by atoms with E-state index in [1.165, 1.54) is 12.3 Å². The third-order valence-corrected chi connectivity index (χ3v) is 2.65. The molecule has 0 atom stereocenters. The lowest BCUT2D eigenvalue weighted by Gasteiger charge is -2.11. The Hall–Kier alpha value is -2.43. The molecule has 20 heavy (non-hydrogen) atoms. The molecule has 0 saturated heterocycles. The number of benzene rings is 1. The number of ether oxygens (including phenoxy) is 2. The SMILES string of the molecule is CCCOc1ccccc1OCc1occc1C(=O)O. The second-order valence-electron chi connectivity index (χ2n) is 4.15. The molecule has 0 aliphatic carbocycles. The van der Waals surface area contributed by atoms with Crippen molar-refractivity contribution in [2.24, 2.45) is 0 Å². The van der Waals surface area contributed by atoms with Gasteiger partial charge in [0.2, 0.25) is 0 Å². The highest BCUT2D eigenvalue weighted by Gasteiger charge is 2.14. The minimum atomic E-state index is -1.03. The van der Waals surface area contributed by atoms with Gasteiger partial charge in [-0.05, 0) is 24.6 Å². The van der Waals surface area contributed by atoms with Gasteiger partial charge in [-0.15, -0.1) is 0 Å². The maximum Gasteiger partial charge on any atom is 0.339 e. The van der Waals surface area contributed by atoms with Crippen LogP contribution in [0, 0.1) is 0 Å². The first-order chi connectivity index (χ1) is 9.72. The summed E-state index contributed by atoms with van der Waals surface area (Å²) < 4.78 is 16.3. The van der Waals surface area contributed by atoms with E-state index in [1.54, 1.807) is 6.07 Å². The fraction of sp³-hybridized carbons (Fsp3) is 0.267. The van der Waals surface area contributed by atoms with E-state index in [0.717, 1.165) is 6.42 Å². The molecule has 0 bridgehead atoms. The molecule has 1 aromatic heterocycles. The first-order valence-electron chi connectivity index (χ1n) is 6.36. The summed E-state index contributed by atoms with van der Waals surface area (Å²) in [4.78, 5) is 11.0. The van der Waals surface area contributed by atoms with Gasteiger partial charge in [0, 0.05) is 0 Å². The maximum absolute atomic E-state index is 11.0. The average molecular weight is 276 g/mol. The summed E-state index contributed by atoms with van der Waals surface area (Å²) >= 11 is 0. The van der Waals surface area contributed by atoms with Gasteiger partial charge in [-0.3, -0.25) is 0 Å². The molecule has 0 saturated carbocycles. The smallest absolute Gasteiger partial charge is 0.339 e. The Balaban J connectivity index is 2.07. The van der Waals surface area contributed by atoms with Gasteiger partial charge in [0.15, 0.2) is 17.3 Å². The summed E-state index contributed by atoms with van der Waals surface area (Å²) in [5.74, 6) is 0.446. The third kappa shape index (κ3) is 3.32. The summed E-state index contributed by atoms with van der Waals surface area (Å²) in [5.41, 5.74) is 0.108. The molecule has 0 fully saturated rings. The summed E-state index contributed by atoms with van der Waals surface area (Å²) in [6.45, 7) is 2.66. The minimum absolute atomic E-state index is 0.0428. The van der Waals surface area contributed by atoms with Gasteiger partial charge < -0.3 is 19.0 Å². The molecule has 0 aliphatic rings. The average Bonchev–Trinajstić information content (AvgIpc) is 2.92. The van der Waals surface area contributed by atoms with Crippen molar-refractivity contribution in [1.29, 1.82) is 0 Å². The Morgan fingerprint density at radius 1 is 1.20 bits per heavy atom. The standard InChI is InChI=1S/C15H16O5/c1-2-8-18-12-5-3-4-6-13(12)20-10-14-11(15(16)17)7-9-19-14/h3-7,9H,2,8,10H2,1H3,(H,16,17). The van der Waals surface area contributed by atoms with Crippen LogP contribution in [0.4, 0.5) is 0 Å². The van der Waals surface area contributed by atoms with Crippen molar-refractivity contribution in [3.8, 4) is 11.5 Å². The van der Waals surface area contributed by atoms with Crippen LogP contribution in [0.5, 0.6) is 11.5 Å². The molecule has 0 radical (unpaired) electrons. The molecule has 1 heterocycles. The zero-order valence-electron chi connectivity index (χ0n) is 11.2. The zero-order chi connectivity index (χ0) is 14.4. The van der Waals surface area contributed by atoms with E-state index >= 15 is 0 Å². The lowest BCUT2D eigenvalue weighted by molar-refractivity contribution is 0.0691. The summed E-state index contributed by atoms with van der Waals surface area (Å²) in [5, 5.41) is 8.98. The second kappa shape index (κ2) is 6.65. The minimum Gasteiger partial charge on any atom is -0.490 e. The van der Waals surface area contributed by atoms with Crippen LogP contribution >= 0.6 is 0 Å². The van der Waals surface area contributed by atoms with Crippen LogP contribution in [0.2, 0.25) is 0 Å². The summed E-state index contributed by atoms with van der Waals surface area (Å²) in [6, 6.07) is 8.67. The van der Waals surface area contributed by atoms with Gasteiger partial charge >= 0.3 is 5.97 Å². The molecule has 5 nitrogen and oxygen atoms in total. The van der Waals surface area contributed by atoms with Crippen molar-refractivity contribution in [3.63, 3.8) is 0 Å². The first-order valence-corrected chi connectivity index (χ1v) is 6.36. The molecular formula is C15H16O5. The van der Waals surface area contributed by atoms with E-state index in [-0.39, 0.29) is 17.9 Å². The van der Waals surface area contributed by atoms with Gasteiger partial charge in [0.05, 0.1) is 12.9 Å². The molecule has 2 aromatic rings. The quantitative estimate of drug-likeness (QED) is 0.839. The fourth-order valence-electron chi connectivity index (χ4n) is 1.69. The van der Waals surface area contributed by atoms with Gasteiger partial charge in [-0.1, -0.05) is 19.1 Å². The van der Waals surface area contributed by atoms with E-state index in [2.05, 4.69) is 0 Å². The predicted molar refractivity (Wildman–Crippen MR) is 72.2 cm³/mol. The molecule has 0 amide bonds. The molecule has 1 N–H and O–H groups in total. The fourth-order valence-corrected chi connectivity index (χ4v) is 1.69. The highest BCUT2D eigenvalue weighted by atomic mass is 16.5. The molecular weight excluding hydrogens is 260 g/mol. The number of carboxylic acid groups (broad SMARTS) is 1. The molecule has 0 unspecified atom stereocenters. The highest BCUT2D eigenvalue weighted by molar-refractivity contribution is 5.88. The first kappa shape index (κ1) is 14.0. The van der Waals surface area contributed by atoms with E-state index < -0.39 is 5.97 Å². The normalized spacial score (nSPS) is 10.2. The van der Waals surface area contributed by atoms with Crippen molar-refractivity contribution in [1.82, 2.24) is 0 Å². The van der Waals surface area contributed by atoms with Crippen LogP contribution in [0.25, 0.3) is 0 Å². The Morgan fingerprint density at radius 3 is 2.55 bits per heavy atom. The lowest BCUT2D eigenvalue weighted by atomic mass is 10.2. The Kier molecular flexibility index (Phi) is 4.65. The van der Waals surface area contributed by atoms with Crippen LogP contribution < -0.4 is 9.47 Å². The molecule has 2 rings (SSSR count). The van der Waals surface area contributed by atoms with Crippen molar-refractivity contribution in [3.05, 3.63) is 47.9 Å². The number of hydrogen-bond donors (Lipinski definition) is 1. The summed E-state index contributed by atoms with van der Waals surface area (Å²) in [6.07, 6.45) is 2.23. The Labute approximate surface area is 116 Å². The van der Waals surface area contributed by atoms with Gasteiger partial charge in [0.25, 0.3) is 0 Å². The van der Waals surface area contributed by atoms with Crippen LogP contribution in [-0.2, 0) is 6.61 Å². The lowest BCUT2D eigenvalue weighted by Crippen LogP contribution is -2.04. The Morgan fingerprint density at radius 2 is 1.90 bits per heavy atom. The van der Waals surface area contributed by atoms with Crippen molar-refractivity contribution in [2.75, 3.05) is 6.61 Å². The van der Waals surface area contributed by atoms with Gasteiger partial charge in [0.1, 0.15) is 12.2 Å². The number of hydrogen-bond acceptors (Lipinski definition) is 4. The van der Waals surface area contributed by atoms with Crippen LogP contribution in [0.1, 0.15) is 29.5 Å². The topological polar surface area (TPSA) is 68.9 Å². The third-order valence-electron chi connectivity index (χ3n) is 2.65. The summed E-state index contributed by atoms with van der Waals surface area (Å²) in [7, 11) is 0. The van der Waals surface area contributed by atoms with E-state index in [1.807, 2.05) is 25.1 Å². The number of carbonyl (C=O) groups is 1. The molecule has 5 heteroatoms. The Bertz CT molecular complexity index is 573. The number of rotatable bonds is 7. The molecule has 1 aromatic carbocycles. The van der Waals surface area contributed by atoms with E-state index in [4.69, 9.17) is 19.0 Å². The molecule has 0 aliphatic heterocycles. The number of para-hydroxylation sites is 2. The second-order valence-corrected chi connectivity index (χ2v) is 4.15. The largest absolute Gasteiger partial charge is 0.490 e. The predicted octanol–water partition coefficient (Wildman–Crippen LogP) is 3.35. The highest BCUT2D eigenvalue weighted by Crippen LogP contribution is 2.27. The number of carboxylic acids is 1. The van der Waals surface area contributed by atoms with Crippen molar-refractivity contribution < 1.29 is 23.8 Å². The van der Waals surface area contributed by atoms with E-state index in [9.17, 15) is 4.79 Å². The number of aromatic carboxylic acids is 1. The van der Waals surface area contributed by atoms with Crippen molar-refractivity contribution >= 4 is 5.97 Å². The monoisotopic (exact) mass is 276 g/mol. The van der Waals surface area contributed by atoms with Crippen LogP contribution in [-0.4, -0.2) is 17.7 Å². The zero-order valence-corrected chi connectivity index (χ0v) is 11.2. The van der Waals surface area contributed by atoms with Crippen LogP contribution in [0.15, 0.2) is 41.0 Å². The van der Waals surface area contributed by atoms with Crippen LogP contribution in [0.3, 0.4) is 0 Å². The van der Waals surface area contributed by atoms with E-state index in [0.29, 0.717) is 18.1 Å². The number of furan rings is 1. The maximum atomic E-state index is 11.0. The van der Waals surface area contributed by atoms with Gasteiger partial charge in [-0.2, -0.15) is 0 Å². The van der Waals surface area contributed by atoms with Gasteiger partial charge in [-0.25, -0.2) is 4.79 Å². The van der Waals surface area contributed by atoms with Crippen molar-refractivity contribution in [2.45, 2.75) is 20.0 Å². The molecule has 106 valence electrons. The molecule has 0 spiro atoms.